The number of aryl methyl sites for hydroxylation is 1. The van der Waals surface area contributed by atoms with Crippen molar-refractivity contribution in [2.45, 2.75) is 44.1 Å². The number of aliphatic hydroxyl groups is 1. The van der Waals surface area contributed by atoms with E-state index in [2.05, 4.69) is 23.1 Å². The lowest BCUT2D eigenvalue weighted by molar-refractivity contribution is 0.117. The van der Waals surface area contributed by atoms with Gasteiger partial charge in [-0.15, -0.1) is 0 Å². The van der Waals surface area contributed by atoms with Crippen LogP contribution in [0.15, 0.2) is 48.5 Å². The van der Waals surface area contributed by atoms with Crippen LogP contribution in [0, 0.1) is 11.7 Å². The Bertz CT molecular complexity index is 721. The molecule has 1 aliphatic carbocycles. The molecule has 2 aromatic carbocycles. The minimum Gasteiger partial charge on any atom is -0.388 e. The van der Waals surface area contributed by atoms with E-state index in [-0.39, 0.29) is 11.9 Å². The zero-order valence-electron chi connectivity index (χ0n) is 15.3. The van der Waals surface area contributed by atoms with E-state index in [4.69, 9.17) is 0 Å². The Morgan fingerprint density at radius 3 is 2.46 bits per heavy atom. The number of aliphatic hydroxyl groups excluding tert-OH is 1. The van der Waals surface area contributed by atoms with Crippen molar-refractivity contribution in [3.8, 4) is 0 Å². The van der Waals surface area contributed by atoms with Crippen LogP contribution in [0.1, 0.15) is 54.4 Å². The molecular formula is C23H28FNO. The van der Waals surface area contributed by atoms with E-state index in [0.29, 0.717) is 11.8 Å². The maximum Gasteiger partial charge on any atom is 0.123 e. The minimum atomic E-state index is -0.324. The van der Waals surface area contributed by atoms with Gasteiger partial charge in [-0.3, -0.25) is 0 Å². The molecule has 3 heteroatoms. The Morgan fingerprint density at radius 1 is 0.962 bits per heavy atom. The van der Waals surface area contributed by atoms with E-state index in [1.807, 2.05) is 18.2 Å². The first-order valence-electron chi connectivity index (χ1n) is 9.92. The van der Waals surface area contributed by atoms with Crippen molar-refractivity contribution in [2.75, 3.05) is 19.6 Å². The Hall–Kier alpha value is -1.71. The first-order chi connectivity index (χ1) is 12.7. The van der Waals surface area contributed by atoms with E-state index in [1.165, 1.54) is 11.1 Å². The molecule has 0 amide bonds. The Morgan fingerprint density at radius 2 is 1.69 bits per heavy atom. The fraction of sp³-hybridized carbons (Fsp3) is 0.478. The van der Waals surface area contributed by atoms with E-state index in [1.54, 1.807) is 12.1 Å². The molecule has 0 spiro atoms. The van der Waals surface area contributed by atoms with Crippen molar-refractivity contribution in [3.05, 3.63) is 71.0 Å². The third-order valence-corrected chi connectivity index (χ3v) is 6.24. The molecular weight excluding hydrogens is 325 g/mol. The third-order valence-electron chi connectivity index (χ3n) is 6.24. The molecule has 1 N–H and O–H groups in total. The van der Waals surface area contributed by atoms with Gasteiger partial charge in [-0.25, -0.2) is 4.39 Å². The number of halogens is 1. The molecule has 1 aliphatic heterocycles. The highest BCUT2D eigenvalue weighted by atomic mass is 19.1. The van der Waals surface area contributed by atoms with Gasteiger partial charge in [0, 0.05) is 6.54 Å². The number of hydrogen-bond acceptors (Lipinski definition) is 2. The van der Waals surface area contributed by atoms with E-state index >= 15 is 0 Å². The van der Waals surface area contributed by atoms with Crippen molar-refractivity contribution >= 4 is 0 Å². The van der Waals surface area contributed by atoms with Gasteiger partial charge < -0.3 is 10.0 Å². The van der Waals surface area contributed by atoms with Crippen LogP contribution in [0.25, 0.3) is 0 Å². The average Bonchev–Trinajstić information content (AvgIpc) is 2.82. The van der Waals surface area contributed by atoms with Crippen molar-refractivity contribution < 1.29 is 9.50 Å². The molecule has 2 atom stereocenters. The van der Waals surface area contributed by atoms with Crippen LogP contribution in [0.3, 0.4) is 0 Å². The van der Waals surface area contributed by atoms with Crippen LogP contribution in [-0.2, 0) is 6.42 Å². The second-order valence-corrected chi connectivity index (χ2v) is 7.98. The first-order valence-corrected chi connectivity index (χ1v) is 9.92. The molecule has 2 unspecified atom stereocenters. The number of benzene rings is 2. The van der Waals surface area contributed by atoms with Gasteiger partial charge >= 0.3 is 0 Å². The summed E-state index contributed by atoms with van der Waals surface area (Å²) >= 11 is 0. The molecule has 1 heterocycles. The number of rotatable bonds is 3. The molecule has 2 nitrogen and oxygen atoms in total. The second-order valence-electron chi connectivity index (χ2n) is 7.98. The number of likely N-dealkylation sites (tertiary alicyclic amines) is 1. The maximum atomic E-state index is 13.1. The van der Waals surface area contributed by atoms with Gasteiger partial charge in [0.1, 0.15) is 5.82 Å². The van der Waals surface area contributed by atoms with Crippen LogP contribution in [0.4, 0.5) is 4.39 Å². The first kappa shape index (κ1) is 17.7. The summed E-state index contributed by atoms with van der Waals surface area (Å²) in [5.74, 6) is 0.953. The largest absolute Gasteiger partial charge is 0.388 e. The van der Waals surface area contributed by atoms with Gasteiger partial charge in [0.15, 0.2) is 0 Å². The lowest BCUT2D eigenvalue weighted by atomic mass is 9.88. The van der Waals surface area contributed by atoms with Gasteiger partial charge in [-0.2, -0.15) is 0 Å². The Balaban J connectivity index is 1.31. The van der Waals surface area contributed by atoms with Crippen LogP contribution < -0.4 is 0 Å². The predicted octanol–water partition coefficient (Wildman–Crippen LogP) is 4.69. The number of hydrogen-bond donors (Lipinski definition) is 1. The van der Waals surface area contributed by atoms with E-state index < -0.39 is 0 Å². The highest BCUT2D eigenvalue weighted by molar-refractivity contribution is 5.30. The minimum absolute atomic E-state index is 0.154. The van der Waals surface area contributed by atoms with E-state index in [0.717, 1.165) is 57.3 Å². The van der Waals surface area contributed by atoms with Crippen molar-refractivity contribution in [1.29, 1.82) is 0 Å². The molecule has 0 radical (unpaired) electrons. The molecule has 1 fully saturated rings. The van der Waals surface area contributed by atoms with E-state index in [9.17, 15) is 9.50 Å². The third kappa shape index (κ3) is 3.99. The van der Waals surface area contributed by atoms with Gasteiger partial charge in [0.25, 0.3) is 0 Å². The number of fused-ring (bicyclic) bond motifs is 1. The lowest BCUT2D eigenvalue weighted by Gasteiger charge is -2.34. The molecule has 0 saturated carbocycles. The summed E-state index contributed by atoms with van der Waals surface area (Å²) in [6.45, 7) is 3.28. The summed E-state index contributed by atoms with van der Waals surface area (Å²) in [7, 11) is 0. The molecule has 0 aromatic heterocycles. The normalized spacial score (nSPS) is 24.8. The predicted molar refractivity (Wildman–Crippen MR) is 103 cm³/mol. The smallest absolute Gasteiger partial charge is 0.123 e. The fourth-order valence-corrected chi connectivity index (χ4v) is 4.72. The Kier molecular flexibility index (Phi) is 5.37. The average molecular weight is 353 g/mol. The molecule has 4 rings (SSSR count). The zero-order chi connectivity index (χ0) is 17.9. The summed E-state index contributed by atoms with van der Waals surface area (Å²) in [4.78, 5) is 2.56. The van der Waals surface area contributed by atoms with Gasteiger partial charge in [-0.1, -0.05) is 36.4 Å². The zero-order valence-corrected chi connectivity index (χ0v) is 15.3. The van der Waals surface area contributed by atoms with Crippen LogP contribution in [0.2, 0.25) is 0 Å². The molecule has 0 bridgehead atoms. The number of piperidine rings is 1. The molecule has 2 aliphatic rings. The summed E-state index contributed by atoms with van der Waals surface area (Å²) in [5, 5.41) is 10.6. The highest BCUT2D eigenvalue weighted by Gasteiger charge is 2.26. The number of nitrogens with zero attached hydrogens (tertiary/aromatic N) is 1. The molecule has 26 heavy (non-hydrogen) atoms. The fourth-order valence-electron chi connectivity index (χ4n) is 4.72. The highest BCUT2D eigenvalue weighted by Crippen LogP contribution is 2.34. The summed E-state index contributed by atoms with van der Waals surface area (Å²) < 4.78 is 13.1. The van der Waals surface area contributed by atoms with Gasteiger partial charge in [-0.05, 0) is 85.9 Å². The molecule has 2 aromatic rings. The second kappa shape index (κ2) is 7.89. The SMILES string of the molecule is OC1CC(CN2CCC(c3ccc(F)cc3)CC2)CCc2ccccc21. The van der Waals surface area contributed by atoms with Crippen LogP contribution in [-0.4, -0.2) is 29.6 Å². The summed E-state index contributed by atoms with van der Waals surface area (Å²) in [6.07, 6.45) is 5.06. The van der Waals surface area contributed by atoms with Crippen LogP contribution >= 0.6 is 0 Å². The summed E-state index contributed by atoms with van der Waals surface area (Å²) in [5.41, 5.74) is 3.72. The lowest BCUT2D eigenvalue weighted by Crippen LogP contribution is -2.36. The summed E-state index contributed by atoms with van der Waals surface area (Å²) in [6, 6.07) is 15.4. The van der Waals surface area contributed by atoms with Crippen molar-refractivity contribution in [2.24, 2.45) is 5.92 Å². The molecule has 1 saturated heterocycles. The monoisotopic (exact) mass is 353 g/mol. The van der Waals surface area contributed by atoms with Gasteiger partial charge in [0.2, 0.25) is 0 Å². The van der Waals surface area contributed by atoms with Crippen molar-refractivity contribution in [1.82, 2.24) is 4.90 Å². The van der Waals surface area contributed by atoms with Gasteiger partial charge in [0.05, 0.1) is 6.10 Å². The Labute approximate surface area is 155 Å². The van der Waals surface area contributed by atoms with Crippen LogP contribution in [0.5, 0.6) is 0 Å². The maximum absolute atomic E-state index is 13.1. The molecule has 138 valence electrons. The quantitative estimate of drug-likeness (QED) is 0.809. The standard InChI is InChI=1S/C23H28FNO/c24-21-9-7-18(8-10-21)19-11-13-25(14-12-19)16-17-5-6-20-3-1-2-4-22(20)23(26)15-17/h1-4,7-10,17,19,23,26H,5-6,11-16H2. The van der Waals surface area contributed by atoms with Crippen molar-refractivity contribution in [3.63, 3.8) is 0 Å². The topological polar surface area (TPSA) is 23.5 Å².